The van der Waals surface area contributed by atoms with Crippen molar-refractivity contribution in [1.29, 1.82) is 0 Å². The fourth-order valence-corrected chi connectivity index (χ4v) is 3.00. The van der Waals surface area contributed by atoms with E-state index in [2.05, 4.69) is 10.0 Å². The number of aryl methyl sites for hydroxylation is 1. The third-order valence-corrected chi connectivity index (χ3v) is 3.61. The van der Waals surface area contributed by atoms with E-state index in [4.69, 9.17) is 5.73 Å². The Balaban J connectivity index is 2.78. The third kappa shape index (κ3) is 4.82. The number of sulfonamides is 1. The zero-order chi connectivity index (χ0) is 15.6. The zero-order valence-corrected chi connectivity index (χ0v) is 13.0. The van der Waals surface area contributed by atoms with E-state index >= 15 is 0 Å². The molecule has 0 bridgehead atoms. The van der Waals surface area contributed by atoms with Gasteiger partial charge in [-0.2, -0.15) is 0 Å². The fraction of sp³-hybridized carbons (Fsp3) is 0.462. The molecule has 1 aromatic rings. The Morgan fingerprint density at radius 2 is 1.95 bits per heavy atom. The summed E-state index contributed by atoms with van der Waals surface area (Å²) in [6.07, 6.45) is 1.08. The van der Waals surface area contributed by atoms with Crippen LogP contribution in [-0.2, 0) is 10.0 Å². The Hall–Kier alpha value is -1.60. The molecule has 1 amide bonds. The third-order valence-electron chi connectivity index (χ3n) is 2.68. The summed E-state index contributed by atoms with van der Waals surface area (Å²) < 4.78 is 24.9. The maximum absolute atomic E-state index is 12.1. The van der Waals surface area contributed by atoms with Crippen LogP contribution in [0.1, 0.15) is 29.8 Å². The van der Waals surface area contributed by atoms with E-state index in [-0.39, 0.29) is 12.5 Å². The number of nitrogens with two attached hydrogens (primary N) is 1. The largest absolute Gasteiger partial charge is 0.398 e. The maximum Gasteiger partial charge on any atom is 0.253 e. The van der Waals surface area contributed by atoms with E-state index in [1.165, 1.54) is 0 Å². The van der Waals surface area contributed by atoms with Crippen molar-refractivity contribution >= 4 is 21.6 Å². The van der Waals surface area contributed by atoms with Crippen LogP contribution in [0.5, 0.6) is 0 Å². The number of hydrogen-bond donors (Lipinski definition) is 3. The molecule has 7 heteroatoms. The van der Waals surface area contributed by atoms with Crippen molar-refractivity contribution in [3.8, 4) is 0 Å². The highest BCUT2D eigenvalue weighted by Crippen LogP contribution is 2.16. The molecule has 4 N–H and O–H groups in total. The summed E-state index contributed by atoms with van der Waals surface area (Å²) in [4.78, 5) is 12.1. The number of benzene rings is 1. The highest BCUT2D eigenvalue weighted by atomic mass is 32.2. The maximum atomic E-state index is 12.1. The monoisotopic (exact) mass is 299 g/mol. The van der Waals surface area contributed by atoms with Crippen LogP contribution in [-0.4, -0.2) is 32.7 Å². The lowest BCUT2D eigenvalue weighted by Crippen LogP contribution is -2.51. The highest BCUT2D eigenvalue weighted by molar-refractivity contribution is 7.88. The van der Waals surface area contributed by atoms with Gasteiger partial charge in [0, 0.05) is 17.8 Å². The lowest BCUT2D eigenvalue weighted by atomic mass is 10.0. The van der Waals surface area contributed by atoms with Gasteiger partial charge in [-0.15, -0.1) is 0 Å². The smallest absolute Gasteiger partial charge is 0.253 e. The van der Waals surface area contributed by atoms with Crippen molar-refractivity contribution in [2.24, 2.45) is 0 Å². The molecule has 0 aromatic heterocycles. The number of hydrogen-bond acceptors (Lipinski definition) is 4. The number of carbonyl (C=O) groups excluding carboxylic acids is 1. The quantitative estimate of drug-likeness (QED) is 0.694. The summed E-state index contributed by atoms with van der Waals surface area (Å²) in [5.74, 6) is -0.316. The molecule has 0 spiro atoms. The topological polar surface area (TPSA) is 101 Å². The van der Waals surface area contributed by atoms with Crippen LogP contribution in [0.25, 0.3) is 0 Å². The second kappa shape index (κ2) is 5.80. The van der Waals surface area contributed by atoms with Gasteiger partial charge in [0.1, 0.15) is 0 Å². The Bertz CT molecular complexity index is 589. The van der Waals surface area contributed by atoms with Gasteiger partial charge in [-0.25, -0.2) is 13.1 Å². The van der Waals surface area contributed by atoms with E-state index in [1.807, 2.05) is 0 Å². The molecule has 112 valence electrons. The predicted molar refractivity (Wildman–Crippen MR) is 80.0 cm³/mol. The second-order valence-electron chi connectivity index (χ2n) is 5.48. The SMILES string of the molecule is Cc1cccc(N)c1C(=O)NCC(C)(C)NS(C)(=O)=O. The first-order chi connectivity index (χ1) is 9.02. The lowest BCUT2D eigenvalue weighted by molar-refractivity contribution is 0.0945. The van der Waals surface area contributed by atoms with Crippen LogP contribution < -0.4 is 15.8 Å². The van der Waals surface area contributed by atoms with Gasteiger partial charge in [0.25, 0.3) is 5.91 Å². The summed E-state index contributed by atoms with van der Waals surface area (Å²) in [7, 11) is -3.34. The molecule has 1 rings (SSSR count). The van der Waals surface area contributed by atoms with Gasteiger partial charge >= 0.3 is 0 Å². The number of amides is 1. The Morgan fingerprint density at radius 3 is 2.45 bits per heavy atom. The molecule has 0 saturated carbocycles. The molecule has 1 aromatic carbocycles. The van der Waals surface area contributed by atoms with Crippen LogP contribution in [0.15, 0.2) is 18.2 Å². The summed E-state index contributed by atoms with van der Waals surface area (Å²) in [5.41, 5.74) is 6.61. The highest BCUT2D eigenvalue weighted by Gasteiger charge is 2.23. The Kier molecular flexibility index (Phi) is 4.77. The molecule has 0 aliphatic carbocycles. The minimum absolute atomic E-state index is 0.159. The van der Waals surface area contributed by atoms with Gasteiger partial charge in [0.05, 0.1) is 11.8 Å². The Morgan fingerprint density at radius 1 is 1.35 bits per heavy atom. The van der Waals surface area contributed by atoms with Crippen LogP contribution in [0, 0.1) is 6.92 Å². The molecular weight excluding hydrogens is 278 g/mol. The van der Waals surface area contributed by atoms with E-state index in [0.717, 1.165) is 11.8 Å². The van der Waals surface area contributed by atoms with Gasteiger partial charge in [-0.05, 0) is 32.4 Å². The summed E-state index contributed by atoms with van der Waals surface area (Å²) in [6.45, 7) is 5.34. The molecule has 0 fully saturated rings. The summed E-state index contributed by atoms with van der Waals surface area (Å²) in [6, 6.07) is 5.23. The van der Waals surface area contributed by atoms with Crippen LogP contribution in [0.3, 0.4) is 0 Å². The van der Waals surface area contributed by atoms with Crippen LogP contribution >= 0.6 is 0 Å². The van der Waals surface area contributed by atoms with Gasteiger partial charge in [0.15, 0.2) is 0 Å². The van der Waals surface area contributed by atoms with Crippen molar-refractivity contribution < 1.29 is 13.2 Å². The van der Waals surface area contributed by atoms with Crippen molar-refractivity contribution in [2.75, 3.05) is 18.5 Å². The second-order valence-corrected chi connectivity index (χ2v) is 7.23. The molecule has 6 nitrogen and oxygen atoms in total. The summed E-state index contributed by atoms with van der Waals surface area (Å²) in [5, 5.41) is 2.70. The lowest BCUT2D eigenvalue weighted by Gasteiger charge is -2.25. The molecule has 0 atom stereocenters. The molecule has 0 aliphatic heterocycles. The molecule has 0 heterocycles. The van der Waals surface area contributed by atoms with E-state index < -0.39 is 15.6 Å². The van der Waals surface area contributed by atoms with E-state index in [9.17, 15) is 13.2 Å². The van der Waals surface area contributed by atoms with Gasteiger partial charge in [-0.3, -0.25) is 4.79 Å². The number of rotatable bonds is 5. The molecule has 0 unspecified atom stereocenters. The van der Waals surface area contributed by atoms with Crippen molar-refractivity contribution in [3.63, 3.8) is 0 Å². The molecule has 0 radical (unpaired) electrons. The first kappa shape index (κ1) is 16.5. The average molecular weight is 299 g/mol. The van der Waals surface area contributed by atoms with E-state index in [1.54, 1.807) is 39.0 Å². The van der Waals surface area contributed by atoms with Crippen molar-refractivity contribution in [2.45, 2.75) is 26.3 Å². The number of carbonyl (C=O) groups is 1. The van der Waals surface area contributed by atoms with Gasteiger partial charge in [-0.1, -0.05) is 12.1 Å². The molecular formula is C13H21N3O3S. The van der Waals surface area contributed by atoms with Crippen molar-refractivity contribution in [3.05, 3.63) is 29.3 Å². The van der Waals surface area contributed by atoms with Crippen LogP contribution in [0.2, 0.25) is 0 Å². The van der Waals surface area contributed by atoms with Crippen molar-refractivity contribution in [1.82, 2.24) is 10.0 Å². The molecule has 20 heavy (non-hydrogen) atoms. The molecule has 0 aliphatic rings. The Labute approximate surface area is 119 Å². The zero-order valence-electron chi connectivity index (χ0n) is 12.1. The first-order valence-electron chi connectivity index (χ1n) is 6.14. The summed E-state index contributed by atoms with van der Waals surface area (Å²) >= 11 is 0. The number of nitrogens with one attached hydrogen (secondary N) is 2. The number of nitrogen functional groups attached to an aromatic ring is 1. The normalized spacial score (nSPS) is 12.2. The fourth-order valence-electron chi connectivity index (χ4n) is 1.93. The minimum atomic E-state index is -3.34. The molecule has 0 saturated heterocycles. The van der Waals surface area contributed by atoms with E-state index in [0.29, 0.717) is 11.3 Å². The number of anilines is 1. The predicted octanol–water partition coefficient (Wildman–Crippen LogP) is 0.635. The van der Waals surface area contributed by atoms with Crippen LogP contribution in [0.4, 0.5) is 5.69 Å². The first-order valence-corrected chi connectivity index (χ1v) is 8.03. The minimum Gasteiger partial charge on any atom is -0.398 e. The van der Waals surface area contributed by atoms with Gasteiger partial charge < -0.3 is 11.1 Å². The average Bonchev–Trinajstić information content (AvgIpc) is 2.23. The standard InChI is InChI=1S/C13H21N3O3S/c1-9-6-5-7-10(14)11(9)12(17)15-8-13(2,3)16-20(4,18)19/h5-7,16H,8,14H2,1-4H3,(H,15,17). The van der Waals surface area contributed by atoms with Gasteiger partial charge in [0.2, 0.25) is 10.0 Å².